The molecule has 0 saturated carbocycles. The van der Waals surface area contributed by atoms with Crippen LogP contribution in [0.4, 0.5) is 17.6 Å². The molecular formula is C30H16F4O2. The molecule has 0 aromatic heterocycles. The number of Topliss-reactive ketones (excluding diaryl/α,β-unsaturated/α-hetero) is 1. The first kappa shape index (κ1) is 21.1. The Morgan fingerprint density at radius 3 is 1.94 bits per heavy atom. The maximum Gasteiger partial charge on any atom is 0.211 e. The summed E-state index contributed by atoms with van der Waals surface area (Å²) in [6.45, 7) is 0. The highest BCUT2D eigenvalue weighted by Gasteiger charge is 2.51. The number of aryl methyl sites for hydroxylation is 1. The molecule has 1 spiro atoms. The molecule has 6 heteroatoms. The quantitative estimate of drug-likeness (QED) is 0.167. The first-order valence-corrected chi connectivity index (χ1v) is 11.5. The second kappa shape index (κ2) is 7.17. The number of ether oxygens (including phenoxy) is 1. The van der Waals surface area contributed by atoms with E-state index < -0.39 is 28.9 Å². The number of halogens is 4. The molecule has 1 aliphatic heterocycles. The van der Waals surface area contributed by atoms with Gasteiger partial charge < -0.3 is 4.74 Å². The normalized spacial score (nSPS) is 18.2. The lowest BCUT2D eigenvalue weighted by Gasteiger charge is -2.42. The van der Waals surface area contributed by atoms with Crippen LogP contribution >= 0.6 is 0 Å². The highest BCUT2D eigenvalue weighted by atomic mass is 19.1. The fourth-order valence-corrected chi connectivity index (χ4v) is 5.83. The molecule has 5 aromatic carbocycles. The van der Waals surface area contributed by atoms with Gasteiger partial charge in [0.25, 0.3) is 0 Å². The second-order valence-electron chi connectivity index (χ2n) is 9.33. The van der Waals surface area contributed by atoms with Crippen LogP contribution in [0, 0.1) is 23.3 Å². The zero-order valence-electron chi connectivity index (χ0n) is 18.7. The van der Waals surface area contributed by atoms with Gasteiger partial charge in [-0.2, -0.15) is 0 Å². The van der Waals surface area contributed by atoms with E-state index in [1.807, 2.05) is 0 Å². The lowest BCUT2D eigenvalue weighted by atomic mass is 9.70. The molecule has 0 amide bonds. The van der Waals surface area contributed by atoms with Gasteiger partial charge in [-0.25, -0.2) is 17.6 Å². The topological polar surface area (TPSA) is 26.3 Å². The molecule has 176 valence electrons. The zero-order valence-corrected chi connectivity index (χ0v) is 18.7. The Hall–Kier alpha value is -4.19. The Balaban J connectivity index is 1.54. The summed E-state index contributed by atoms with van der Waals surface area (Å²) in [6.07, 6.45) is 0.650. The lowest BCUT2D eigenvalue weighted by Crippen LogP contribution is -2.47. The Morgan fingerprint density at radius 1 is 0.611 bits per heavy atom. The van der Waals surface area contributed by atoms with E-state index in [9.17, 15) is 22.4 Å². The minimum Gasteiger partial charge on any atom is -0.473 e. The van der Waals surface area contributed by atoms with Crippen molar-refractivity contribution in [2.45, 2.75) is 18.4 Å². The van der Waals surface area contributed by atoms with Crippen molar-refractivity contribution in [3.8, 4) is 16.9 Å². The van der Waals surface area contributed by atoms with Crippen molar-refractivity contribution in [1.82, 2.24) is 0 Å². The van der Waals surface area contributed by atoms with Crippen LogP contribution in [-0.4, -0.2) is 5.78 Å². The first-order valence-electron chi connectivity index (χ1n) is 11.5. The van der Waals surface area contributed by atoms with E-state index in [0.29, 0.717) is 50.4 Å². The fraction of sp³-hybridized carbons (Fsp3) is 0.100. The average molecular weight is 484 g/mol. The molecule has 2 aliphatic rings. The van der Waals surface area contributed by atoms with Crippen molar-refractivity contribution < 1.29 is 27.1 Å². The minimum atomic E-state index is -1.48. The monoisotopic (exact) mass is 484 g/mol. The molecule has 0 radical (unpaired) electrons. The SMILES string of the molecule is O=C1c2ccc(F)cc2-c2cc(F)ccc2C12CCc1c(c3ccc(F)cc3c3cc(F)ccc13)O2. The summed E-state index contributed by atoms with van der Waals surface area (Å²) >= 11 is 0. The summed E-state index contributed by atoms with van der Waals surface area (Å²) < 4.78 is 63.6. The van der Waals surface area contributed by atoms with Gasteiger partial charge in [0.05, 0.1) is 0 Å². The molecule has 0 fully saturated rings. The average Bonchev–Trinajstić information content (AvgIpc) is 2.87. The van der Waals surface area contributed by atoms with Gasteiger partial charge in [0.15, 0.2) is 5.60 Å². The van der Waals surface area contributed by atoms with Gasteiger partial charge in [0.2, 0.25) is 5.78 Å². The molecule has 36 heavy (non-hydrogen) atoms. The summed E-state index contributed by atoms with van der Waals surface area (Å²) in [6, 6.07) is 16.4. The first-order chi connectivity index (χ1) is 17.4. The number of benzene rings is 5. The highest BCUT2D eigenvalue weighted by molar-refractivity contribution is 6.15. The molecule has 1 heterocycles. The van der Waals surface area contributed by atoms with Crippen LogP contribution in [0.25, 0.3) is 32.7 Å². The molecule has 1 aliphatic carbocycles. The van der Waals surface area contributed by atoms with Crippen LogP contribution in [0.15, 0.2) is 72.8 Å². The number of ketones is 1. The molecule has 1 unspecified atom stereocenters. The van der Waals surface area contributed by atoms with Crippen molar-refractivity contribution in [2.75, 3.05) is 0 Å². The van der Waals surface area contributed by atoms with Gasteiger partial charge in [0.1, 0.15) is 29.0 Å². The largest absolute Gasteiger partial charge is 0.473 e. The minimum absolute atomic E-state index is 0.244. The number of hydrogen-bond donors (Lipinski definition) is 0. The maximum absolute atomic E-state index is 14.3. The van der Waals surface area contributed by atoms with Gasteiger partial charge in [-0.1, -0.05) is 12.1 Å². The van der Waals surface area contributed by atoms with Crippen LogP contribution in [0.3, 0.4) is 0 Å². The third-order valence-electron chi connectivity index (χ3n) is 7.40. The highest BCUT2D eigenvalue weighted by Crippen LogP contribution is 2.52. The summed E-state index contributed by atoms with van der Waals surface area (Å²) in [5.41, 5.74) is 0.719. The Labute approximate surface area is 202 Å². The van der Waals surface area contributed by atoms with E-state index in [1.54, 1.807) is 12.1 Å². The smallest absolute Gasteiger partial charge is 0.211 e. The lowest BCUT2D eigenvalue weighted by molar-refractivity contribution is 0.0336. The third kappa shape index (κ3) is 2.75. The molecule has 0 saturated heterocycles. The van der Waals surface area contributed by atoms with E-state index >= 15 is 0 Å². The Morgan fingerprint density at radius 2 is 1.19 bits per heavy atom. The third-order valence-corrected chi connectivity index (χ3v) is 7.40. The van der Waals surface area contributed by atoms with E-state index in [2.05, 4.69) is 0 Å². The van der Waals surface area contributed by atoms with E-state index in [4.69, 9.17) is 4.74 Å². The zero-order chi connectivity index (χ0) is 24.8. The summed E-state index contributed by atoms with van der Waals surface area (Å²) in [7, 11) is 0. The summed E-state index contributed by atoms with van der Waals surface area (Å²) in [5, 5.41) is 2.28. The van der Waals surface area contributed by atoms with Crippen LogP contribution < -0.4 is 4.74 Å². The number of fused-ring (bicyclic) bond motifs is 10. The molecule has 0 N–H and O–H groups in total. The van der Waals surface area contributed by atoms with E-state index in [0.717, 1.165) is 5.56 Å². The van der Waals surface area contributed by atoms with Crippen LogP contribution in [-0.2, 0) is 12.0 Å². The van der Waals surface area contributed by atoms with E-state index in [1.165, 1.54) is 60.7 Å². The molecule has 1 atom stereocenters. The number of carbonyl (C=O) groups is 1. The summed E-state index contributed by atoms with van der Waals surface area (Å²) in [4.78, 5) is 14.0. The van der Waals surface area contributed by atoms with Crippen molar-refractivity contribution in [1.29, 1.82) is 0 Å². The Bertz CT molecular complexity index is 1790. The van der Waals surface area contributed by atoms with Gasteiger partial charge in [-0.05, 0) is 94.4 Å². The molecule has 2 nitrogen and oxygen atoms in total. The van der Waals surface area contributed by atoms with Crippen molar-refractivity contribution in [3.63, 3.8) is 0 Å². The van der Waals surface area contributed by atoms with Crippen molar-refractivity contribution in [2.24, 2.45) is 0 Å². The number of carbonyl (C=O) groups excluding carboxylic acids is 1. The number of rotatable bonds is 0. The van der Waals surface area contributed by atoms with E-state index in [-0.39, 0.29) is 17.8 Å². The van der Waals surface area contributed by atoms with Gasteiger partial charge >= 0.3 is 0 Å². The molecule has 5 aromatic rings. The molecule has 7 rings (SSSR count). The number of hydrogen-bond acceptors (Lipinski definition) is 2. The van der Waals surface area contributed by atoms with Crippen LogP contribution in [0.2, 0.25) is 0 Å². The predicted molar refractivity (Wildman–Crippen MR) is 128 cm³/mol. The predicted octanol–water partition coefficient (Wildman–Crippen LogP) is 7.63. The van der Waals surface area contributed by atoms with Crippen LogP contribution in [0.1, 0.15) is 27.9 Å². The standard InChI is InChI=1S/C30H16F4O2/c31-15-1-5-19-21-9-10-30(36-28(21)20-6-2-16(32)12-24(20)23(19)11-15)27-8-4-18(34)14-26(27)25-13-17(33)3-7-22(25)29(30)35/h1-8,11-14H,9-10H2. The second-order valence-corrected chi connectivity index (χ2v) is 9.33. The molecule has 0 bridgehead atoms. The molecular weight excluding hydrogens is 468 g/mol. The van der Waals surface area contributed by atoms with Crippen LogP contribution in [0.5, 0.6) is 5.75 Å². The fourth-order valence-electron chi connectivity index (χ4n) is 5.83. The van der Waals surface area contributed by atoms with Crippen molar-refractivity contribution in [3.05, 3.63) is 113 Å². The van der Waals surface area contributed by atoms with Gasteiger partial charge in [-0.15, -0.1) is 0 Å². The van der Waals surface area contributed by atoms with Crippen molar-refractivity contribution >= 4 is 27.3 Å². The summed E-state index contributed by atoms with van der Waals surface area (Å²) in [5.74, 6) is -1.92. The van der Waals surface area contributed by atoms with Gasteiger partial charge in [-0.3, -0.25) is 4.79 Å². The Kier molecular flexibility index (Phi) is 4.20. The van der Waals surface area contributed by atoms with Gasteiger partial charge in [0, 0.05) is 28.5 Å². The maximum atomic E-state index is 14.3.